The van der Waals surface area contributed by atoms with Crippen molar-refractivity contribution in [3.8, 4) is 0 Å². The average molecular weight is 250 g/mol. The van der Waals surface area contributed by atoms with Gasteiger partial charge in [-0.2, -0.15) is 0 Å². The molecule has 0 atom stereocenters. The van der Waals surface area contributed by atoms with Gasteiger partial charge in [0.15, 0.2) is 0 Å². The van der Waals surface area contributed by atoms with Crippen molar-refractivity contribution in [3.63, 3.8) is 0 Å². The smallest absolute Gasteiger partial charge is 0.339 e. The maximum absolute atomic E-state index is 11.8. The summed E-state index contributed by atoms with van der Waals surface area (Å²) < 4.78 is 9.89. The highest BCUT2D eigenvalue weighted by Crippen LogP contribution is 2.18. The monoisotopic (exact) mass is 250 g/mol. The number of carbonyl (C=O) groups is 2. The number of aryl methyl sites for hydroxylation is 2. The molecule has 0 spiro atoms. The summed E-state index contributed by atoms with van der Waals surface area (Å²) in [5.41, 5.74) is 2.40. The van der Waals surface area contributed by atoms with Crippen molar-refractivity contribution < 1.29 is 19.1 Å². The third-order valence-electron chi connectivity index (χ3n) is 2.62. The van der Waals surface area contributed by atoms with Crippen LogP contribution in [0.2, 0.25) is 0 Å². The molecule has 0 heterocycles. The molecule has 0 bridgehead atoms. The van der Waals surface area contributed by atoms with Crippen LogP contribution in [0.1, 0.15) is 45.7 Å². The molecule has 0 aliphatic heterocycles. The first-order chi connectivity index (χ1) is 8.51. The second kappa shape index (κ2) is 6.19. The number of hydrogen-bond donors (Lipinski definition) is 0. The molecule has 0 saturated carbocycles. The average Bonchev–Trinajstić information content (AvgIpc) is 2.32. The first kappa shape index (κ1) is 14.2. The second-order valence-corrected chi connectivity index (χ2v) is 3.92. The van der Waals surface area contributed by atoms with Crippen molar-refractivity contribution in [1.29, 1.82) is 0 Å². The molecule has 4 heteroatoms. The van der Waals surface area contributed by atoms with Crippen molar-refractivity contribution in [2.45, 2.75) is 27.7 Å². The maximum Gasteiger partial charge on any atom is 0.339 e. The first-order valence-corrected chi connectivity index (χ1v) is 5.96. The SMILES string of the molecule is CCOC(=O)c1cc(C)c(C)cc1C(=O)OCC. The Morgan fingerprint density at radius 3 is 1.50 bits per heavy atom. The van der Waals surface area contributed by atoms with Crippen LogP contribution in [0.25, 0.3) is 0 Å². The minimum Gasteiger partial charge on any atom is -0.462 e. The van der Waals surface area contributed by atoms with Crippen LogP contribution >= 0.6 is 0 Å². The van der Waals surface area contributed by atoms with Crippen LogP contribution in [0.15, 0.2) is 12.1 Å². The van der Waals surface area contributed by atoms with E-state index in [0.29, 0.717) is 0 Å². The molecule has 0 radical (unpaired) electrons. The van der Waals surface area contributed by atoms with Crippen LogP contribution < -0.4 is 0 Å². The molecule has 0 fully saturated rings. The van der Waals surface area contributed by atoms with E-state index in [4.69, 9.17) is 9.47 Å². The summed E-state index contributed by atoms with van der Waals surface area (Å²) in [4.78, 5) is 23.6. The minimum atomic E-state index is -0.497. The molecule has 18 heavy (non-hydrogen) atoms. The number of esters is 2. The van der Waals surface area contributed by atoms with Gasteiger partial charge in [-0.25, -0.2) is 9.59 Å². The Bertz CT molecular complexity index is 420. The fourth-order valence-electron chi connectivity index (χ4n) is 1.57. The van der Waals surface area contributed by atoms with E-state index in [2.05, 4.69) is 0 Å². The molecule has 0 amide bonds. The number of rotatable bonds is 4. The van der Waals surface area contributed by atoms with Gasteiger partial charge < -0.3 is 9.47 Å². The van der Waals surface area contributed by atoms with Gasteiger partial charge in [-0.15, -0.1) is 0 Å². The van der Waals surface area contributed by atoms with Gasteiger partial charge in [0.1, 0.15) is 0 Å². The largest absolute Gasteiger partial charge is 0.462 e. The molecule has 0 aromatic heterocycles. The predicted molar refractivity (Wildman–Crippen MR) is 67.8 cm³/mol. The van der Waals surface area contributed by atoms with Crippen LogP contribution in [0, 0.1) is 13.8 Å². The van der Waals surface area contributed by atoms with Crippen LogP contribution in [-0.2, 0) is 9.47 Å². The van der Waals surface area contributed by atoms with E-state index in [1.807, 2.05) is 13.8 Å². The molecule has 0 unspecified atom stereocenters. The summed E-state index contributed by atoms with van der Waals surface area (Å²) in [5, 5.41) is 0. The maximum atomic E-state index is 11.8. The molecular formula is C14H18O4. The van der Waals surface area contributed by atoms with E-state index in [1.54, 1.807) is 26.0 Å². The van der Waals surface area contributed by atoms with Crippen molar-refractivity contribution >= 4 is 11.9 Å². The van der Waals surface area contributed by atoms with Gasteiger partial charge in [0, 0.05) is 0 Å². The zero-order valence-corrected chi connectivity index (χ0v) is 11.2. The zero-order chi connectivity index (χ0) is 13.7. The van der Waals surface area contributed by atoms with Gasteiger partial charge in [-0.1, -0.05) is 0 Å². The van der Waals surface area contributed by atoms with E-state index in [0.717, 1.165) is 11.1 Å². The molecule has 1 rings (SSSR count). The van der Waals surface area contributed by atoms with Crippen molar-refractivity contribution in [2.24, 2.45) is 0 Å². The normalized spacial score (nSPS) is 10.0. The van der Waals surface area contributed by atoms with Crippen molar-refractivity contribution in [3.05, 3.63) is 34.4 Å². The molecular weight excluding hydrogens is 232 g/mol. The number of ether oxygens (including phenoxy) is 2. The highest BCUT2D eigenvalue weighted by atomic mass is 16.5. The Morgan fingerprint density at radius 1 is 0.889 bits per heavy atom. The van der Waals surface area contributed by atoms with Gasteiger partial charge >= 0.3 is 11.9 Å². The standard InChI is InChI=1S/C14H18O4/c1-5-17-13(15)11-7-9(3)10(4)8-12(11)14(16)18-6-2/h7-8H,5-6H2,1-4H3. The van der Waals surface area contributed by atoms with Crippen LogP contribution in [-0.4, -0.2) is 25.2 Å². The van der Waals surface area contributed by atoms with E-state index < -0.39 is 11.9 Å². The lowest BCUT2D eigenvalue weighted by molar-refractivity contribution is 0.0478. The molecule has 1 aromatic rings. The van der Waals surface area contributed by atoms with E-state index in [1.165, 1.54) is 0 Å². The lowest BCUT2D eigenvalue weighted by atomic mass is 10.00. The predicted octanol–water partition coefficient (Wildman–Crippen LogP) is 2.66. The lowest BCUT2D eigenvalue weighted by Gasteiger charge is -2.11. The first-order valence-electron chi connectivity index (χ1n) is 5.96. The molecule has 4 nitrogen and oxygen atoms in total. The van der Waals surface area contributed by atoms with Crippen LogP contribution in [0.3, 0.4) is 0 Å². The van der Waals surface area contributed by atoms with Gasteiger partial charge in [-0.3, -0.25) is 0 Å². The fourth-order valence-corrected chi connectivity index (χ4v) is 1.57. The molecule has 1 aromatic carbocycles. The highest BCUT2D eigenvalue weighted by molar-refractivity contribution is 6.03. The zero-order valence-electron chi connectivity index (χ0n) is 11.2. The molecule has 0 aliphatic carbocycles. The molecule has 0 saturated heterocycles. The lowest BCUT2D eigenvalue weighted by Crippen LogP contribution is -2.15. The Labute approximate surface area is 107 Å². The third-order valence-corrected chi connectivity index (χ3v) is 2.62. The number of hydrogen-bond acceptors (Lipinski definition) is 4. The van der Waals surface area contributed by atoms with Crippen LogP contribution in [0.4, 0.5) is 0 Å². The Kier molecular flexibility index (Phi) is 4.89. The summed E-state index contributed by atoms with van der Waals surface area (Å²) >= 11 is 0. The summed E-state index contributed by atoms with van der Waals surface area (Å²) in [5.74, 6) is -0.993. The van der Waals surface area contributed by atoms with Gasteiger partial charge in [-0.05, 0) is 51.0 Å². The molecule has 98 valence electrons. The van der Waals surface area contributed by atoms with Gasteiger partial charge in [0.05, 0.1) is 24.3 Å². The summed E-state index contributed by atoms with van der Waals surface area (Å²) in [6.07, 6.45) is 0. The summed E-state index contributed by atoms with van der Waals surface area (Å²) in [7, 11) is 0. The Morgan fingerprint density at radius 2 is 1.22 bits per heavy atom. The van der Waals surface area contributed by atoms with E-state index >= 15 is 0 Å². The van der Waals surface area contributed by atoms with Crippen molar-refractivity contribution in [2.75, 3.05) is 13.2 Å². The third kappa shape index (κ3) is 3.09. The highest BCUT2D eigenvalue weighted by Gasteiger charge is 2.20. The van der Waals surface area contributed by atoms with Crippen LogP contribution in [0.5, 0.6) is 0 Å². The minimum absolute atomic E-state index is 0.262. The van der Waals surface area contributed by atoms with E-state index in [9.17, 15) is 9.59 Å². The second-order valence-electron chi connectivity index (χ2n) is 3.92. The Balaban J connectivity index is 3.25. The number of benzene rings is 1. The van der Waals surface area contributed by atoms with Gasteiger partial charge in [0.25, 0.3) is 0 Å². The number of carbonyl (C=O) groups excluding carboxylic acids is 2. The molecule has 0 N–H and O–H groups in total. The Hall–Kier alpha value is -1.84. The summed E-state index contributed by atoms with van der Waals surface area (Å²) in [6, 6.07) is 3.33. The summed E-state index contributed by atoms with van der Waals surface area (Å²) in [6.45, 7) is 7.76. The topological polar surface area (TPSA) is 52.6 Å². The molecule has 0 aliphatic rings. The quantitative estimate of drug-likeness (QED) is 0.771. The van der Waals surface area contributed by atoms with E-state index in [-0.39, 0.29) is 24.3 Å². The fraction of sp³-hybridized carbons (Fsp3) is 0.429. The van der Waals surface area contributed by atoms with Crippen molar-refractivity contribution in [1.82, 2.24) is 0 Å². The van der Waals surface area contributed by atoms with Gasteiger partial charge in [0.2, 0.25) is 0 Å².